The molecule has 3 aliphatic carbocycles. The Hall–Kier alpha value is -0.180. The van der Waals surface area contributed by atoms with E-state index in [-0.39, 0.29) is 0 Å². The average Bonchev–Trinajstić information content (AvgIpc) is 2.97. The minimum atomic E-state index is 0.358. The summed E-state index contributed by atoms with van der Waals surface area (Å²) in [6, 6.07) is 0.475. The Bertz CT molecular complexity index is 289. The van der Waals surface area contributed by atoms with Crippen LogP contribution in [0.15, 0.2) is 0 Å². The van der Waals surface area contributed by atoms with Gasteiger partial charge in [0, 0.05) is 17.2 Å². The van der Waals surface area contributed by atoms with Gasteiger partial charge in [-0.15, -0.1) is 0 Å². The monoisotopic (exact) mass is 253 g/mol. The number of fused-ring (bicyclic) bond motifs is 1. The fourth-order valence-electron chi connectivity index (χ4n) is 3.69. The van der Waals surface area contributed by atoms with Crippen LogP contribution in [0.2, 0.25) is 0 Å². The van der Waals surface area contributed by atoms with Crippen molar-refractivity contribution in [3.63, 3.8) is 0 Å². The molecule has 0 aromatic rings. The lowest BCUT2D eigenvalue weighted by atomic mass is 9.93. The van der Waals surface area contributed by atoms with Crippen molar-refractivity contribution in [2.45, 2.75) is 56.2 Å². The number of rotatable bonds is 3. The highest BCUT2D eigenvalue weighted by molar-refractivity contribution is 7.99. The van der Waals surface area contributed by atoms with Gasteiger partial charge in [-0.05, 0) is 63.0 Å². The number of amides is 1. The second-order valence-electron chi connectivity index (χ2n) is 6.14. The maximum Gasteiger partial charge on any atom is 0.223 e. The second-order valence-corrected chi connectivity index (χ2v) is 7.28. The van der Waals surface area contributed by atoms with Crippen LogP contribution in [-0.2, 0) is 4.79 Å². The molecule has 0 heterocycles. The first-order chi connectivity index (χ1) is 8.26. The molecule has 2 nitrogen and oxygen atoms in total. The number of carbonyl (C=O) groups is 1. The smallest absolute Gasteiger partial charge is 0.223 e. The minimum Gasteiger partial charge on any atom is -0.353 e. The number of hydrogen-bond donors (Lipinski definition) is 1. The van der Waals surface area contributed by atoms with E-state index in [0.29, 0.717) is 17.9 Å². The topological polar surface area (TPSA) is 29.1 Å². The van der Waals surface area contributed by atoms with Gasteiger partial charge in [0.1, 0.15) is 0 Å². The van der Waals surface area contributed by atoms with Crippen molar-refractivity contribution in [3.05, 3.63) is 0 Å². The van der Waals surface area contributed by atoms with Crippen LogP contribution in [0.4, 0.5) is 0 Å². The number of hydrogen-bond acceptors (Lipinski definition) is 2. The van der Waals surface area contributed by atoms with Gasteiger partial charge >= 0.3 is 0 Å². The van der Waals surface area contributed by atoms with Gasteiger partial charge < -0.3 is 5.32 Å². The van der Waals surface area contributed by atoms with Crippen molar-refractivity contribution in [2.75, 3.05) is 6.26 Å². The Morgan fingerprint density at radius 2 is 1.71 bits per heavy atom. The Kier molecular flexibility index (Phi) is 3.38. The Morgan fingerprint density at radius 1 is 1.06 bits per heavy atom. The SMILES string of the molecule is CSC1CCC(NC(=O)C2CC3CC3C2)CC1. The standard InChI is InChI=1S/C14H23NOS/c1-17-13-4-2-12(3-5-13)15-14(16)11-7-9-6-10(9)8-11/h9-13H,2-8H2,1H3,(H,15,16). The molecular formula is C14H23NOS. The fraction of sp³-hybridized carbons (Fsp3) is 0.929. The molecule has 3 fully saturated rings. The molecule has 0 aliphatic heterocycles. The van der Waals surface area contributed by atoms with E-state index in [1.807, 2.05) is 11.8 Å². The lowest BCUT2D eigenvalue weighted by Crippen LogP contribution is -2.41. The summed E-state index contributed by atoms with van der Waals surface area (Å²) in [5, 5.41) is 4.13. The molecule has 0 bridgehead atoms. The highest BCUT2D eigenvalue weighted by Crippen LogP contribution is 2.54. The summed E-state index contributed by atoms with van der Waals surface area (Å²) < 4.78 is 0. The molecule has 0 radical (unpaired) electrons. The van der Waals surface area contributed by atoms with Gasteiger partial charge in [-0.3, -0.25) is 4.79 Å². The highest BCUT2D eigenvalue weighted by Gasteiger charge is 2.48. The van der Waals surface area contributed by atoms with E-state index in [1.165, 1.54) is 44.9 Å². The van der Waals surface area contributed by atoms with Crippen LogP contribution in [0.5, 0.6) is 0 Å². The molecule has 0 saturated heterocycles. The summed E-state index contributed by atoms with van der Waals surface area (Å²) in [5.74, 6) is 2.55. The molecule has 17 heavy (non-hydrogen) atoms. The predicted octanol–water partition coefficient (Wildman–Crippen LogP) is 2.82. The third kappa shape index (κ3) is 2.64. The summed E-state index contributed by atoms with van der Waals surface area (Å²) >= 11 is 1.99. The molecule has 3 heteroatoms. The lowest BCUT2D eigenvalue weighted by molar-refractivity contribution is -0.126. The first-order valence-corrected chi connectivity index (χ1v) is 8.38. The van der Waals surface area contributed by atoms with E-state index < -0.39 is 0 Å². The largest absolute Gasteiger partial charge is 0.353 e. The van der Waals surface area contributed by atoms with Crippen LogP contribution >= 0.6 is 11.8 Å². The highest BCUT2D eigenvalue weighted by atomic mass is 32.2. The first-order valence-electron chi connectivity index (χ1n) is 7.09. The van der Waals surface area contributed by atoms with Crippen LogP contribution in [0, 0.1) is 17.8 Å². The van der Waals surface area contributed by atoms with E-state index in [1.54, 1.807) is 0 Å². The van der Waals surface area contributed by atoms with E-state index in [0.717, 1.165) is 17.1 Å². The fourth-order valence-corrected chi connectivity index (χ4v) is 4.43. The van der Waals surface area contributed by atoms with Crippen LogP contribution in [0.1, 0.15) is 44.9 Å². The van der Waals surface area contributed by atoms with Crippen LogP contribution in [0.25, 0.3) is 0 Å². The molecule has 1 N–H and O–H groups in total. The zero-order valence-corrected chi connectivity index (χ0v) is 11.5. The molecule has 0 spiro atoms. The van der Waals surface area contributed by atoms with Crippen LogP contribution in [-0.4, -0.2) is 23.5 Å². The summed E-state index contributed by atoms with van der Waals surface area (Å²) in [5.41, 5.74) is 0. The van der Waals surface area contributed by atoms with E-state index in [4.69, 9.17) is 0 Å². The van der Waals surface area contributed by atoms with Gasteiger partial charge in [0.25, 0.3) is 0 Å². The molecule has 96 valence electrons. The molecule has 0 aromatic heterocycles. The summed E-state index contributed by atoms with van der Waals surface area (Å²) in [7, 11) is 0. The van der Waals surface area contributed by atoms with Gasteiger partial charge in [0.2, 0.25) is 5.91 Å². The van der Waals surface area contributed by atoms with Crippen molar-refractivity contribution >= 4 is 17.7 Å². The maximum absolute atomic E-state index is 12.1. The number of nitrogens with one attached hydrogen (secondary N) is 1. The molecule has 3 aliphatic rings. The minimum absolute atomic E-state index is 0.358. The van der Waals surface area contributed by atoms with Crippen molar-refractivity contribution in [1.82, 2.24) is 5.32 Å². The van der Waals surface area contributed by atoms with Gasteiger partial charge in [0.05, 0.1) is 0 Å². The van der Waals surface area contributed by atoms with Crippen molar-refractivity contribution in [3.8, 4) is 0 Å². The predicted molar refractivity (Wildman–Crippen MR) is 72.0 cm³/mol. The zero-order valence-electron chi connectivity index (χ0n) is 10.7. The molecule has 3 saturated carbocycles. The van der Waals surface area contributed by atoms with Crippen molar-refractivity contribution < 1.29 is 4.79 Å². The third-order valence-corrected chi connectivity index (χ3v) is 6.11. The van der Waals surface area contributed by atoms with Gasteiger partial charge in [-0.25, -0.2) is 0 Å². The molecule has 3 rings (SSSR count). The van der Waals surface area contributed by atoms with Gasteiger partial charge in [0.15, 0.2) is 0 Å². The number of carbonyl (C=O) groups excluding carboxylic acids is 1. The Labute approximate surface area is 108 Å². The van der Waals surface area contributed by atoms with E-state index in [9.17, 15) is 4.79 Å². The lowest BCUT2D eigenvalue weighted by Gasteiger charge is -2.29. The maximum atomic E-state index is 12.1. The van der Waals surface area contributed by atoms with E-state index in [2.05, 4.69) is 11.6 Å². The van der Waals surface area contributed by atoms with Crippen molar-refractivity contribution in [1.29, 1.82) is 0 Å². The molecule has 1 amide bonds. The second kappa shape index (κ2) is 4.83. The van der Waals surface area contributed by atoms with Crippen LogP contribution < -0.4 is 5.32 Å². The first kappa shape index (κ1) is 11.9. The third-order valence-electron chi connectivity index (χ3n) is 4.97. The van der Waals surface area contributed by atoms with Gasteiger partial charge in [-0.1, -0.05) is 0 Å². The summed E-state index contributed by atoms with van der Waals surface area (Å²) in [6.45, 7) is 0. The van der Waals surface area contributed by atoms with Gasteiger partial charge in [-0.2, -0.15) is 11.8 Å². The zero-order chi connectivity index (χ0) is 11.8. The Morgan fingerprint density at radius 3 is 2.29 bits per heavy atom. The molecule has 2 unspecified atom stereocenters. The normalized spacial score (nSPS) is 44.2. The Balaban J connectivity index is 1.42. The van der Waals surface area contributed by atoms with Crippen molar-refractivity contribution in [2.24, 2.45) is 17.8 Å². The van der Waals surface area contributed by atoms with Crippen LogP contribution in [0.3, 0.4) is 0 Å². The quantitative estimate of drug-likeness (QED) is 0.838. The summed E-state index contributed by atoms with van der Waals surface area (Å²) in [4.78, 5) is 12.1. The molecule has 0 aromatic carbocycles. The average molecular weight is 253 g/mol. The number of thioether (sulfide) groups is 1. The summed E-state index contributed by atoms with van der Waals surface area (Å²) in [6.07, 6.45) is 10.9. The molecule has 2 atom stereocenters. The molecular weight excluding hydrogens is 230 g/mol. The van der Waals surface area contributed by atoms with E-state index >= 15 is 0 Å².